The van der Waals surface area contributed by atoms with Gasteiger partial charge in [0.15, 0.2) is 0 Å². The first-order chi connectivity index (χ1) is 15.8. The molecule has 190 valence electrons. The number of thiol groups is 1. The third-order valence-electron chi connectivity index (χ3n) is 4.65. The fourth-order valence-corrected chi connectivity index (χ4v) is 3.34. The zero-order chi connectivity index (χ0) is 26.1. The summed E-state index contributed by atoms with van der Waals surface area (Å²) >= 11 is 4.21. The molecule has 0 radical (unpaired) electrons. The van der Waals surface area contributed by atoms with Crippen LogP contribution in [0.3, 0.4) is 0 Å². The minimum Gasteiger partial charge on any atom is -0.508 e. The lowest BCUT2D eigenvalue weighted by molar-refractivity contribution is -0.144. The average Bonchev–Trinajstić information content (AvgIpc) is 2.76. The molecule has 0 saturated carbocycles. The quantitative estimate of drug-likeness (QED) is 0.287. The number of carbonyl (C=O) groups is 4. The molecule has 2 atom stereocenters. The number of rotatable bonds is 10. The number of nitrogens with one attached hydrogen (secondary N) is 2. The Kier molecular flexibility index (Phi) is 11.2. The van der Waals surface area contributed by atoms with Gasteiger partial charge in [-0.15, -0.1) is 0 Å². The number of amides is 3. The second-order valence-corrected chi connectivity index (χ2v) is 9.02. The number of hydrogen-bond acceptors (Lipinski definition) is 8. The summed E-state index contributed by atoms with van der Waals surface area (Å²) in [6.07, 6.45) is -0.279. The molecular weight excluding hydrogens is 462 g/mol. The monoisotopic (exact) mass is 497 g/mol. The van der Waals surface area contributed by atoms with Crippen molar-refractivity contribution in [2.45, 2.75) is 58.7 Å². The number of esters is 1. The Morgan fingerprint density at radius 1 is 1.21 bits per heavy atom. The molecule has 10 nitrogen and oxygen atoms in total. The van der Waals surface area contributed by atoms with Crippen molar-refractivity contribution in [1.29, 1.82) is 0 Å². The smallest absolute Gasteiger partial charge is 0.408 e. The summed E-state index contributed by atoms with van der Waals surface area (Å²) in [6.45, 7) is 8.38. The van der Waals surface area contributed by atoms with Gasteiger partial charge in [0.25, 0.3) is 0 Å². The second kappa shape index (κ2) is 13.1. The van der Waals surface area contributed by atoms with E-state index in [1.54, 1.807) is 33.8 Å². The maximum absolute atomic E-state index is 13.5. The molecule has 3 amide bonds. The van der Waals surface area contributed by atoms with Crippen molar-refractivity contribution < 1.29 is 33.8 Å². The predicted octanol–water partition coefficient (Wildman–Crippen LogP) is 2.09. The van der Waals surface area contributed by atoms with E-state index in [1.807, 2.05) is 6.92 Å². The molecule has 3 N–H and O–H groups in total. The summed E-state index contributed by atoms with van der Waals surface area (Å²) in [7, 11) is 1.20. The number of benzene rings is 1. The van der Waals surface area contributed by atoms with Crippen LogP contribution in [0.25, 0.3) is 0 Å². The number of carbonyl (C=O) groups excluding carboxylic acids is 4. The number of methoxy groups -OCH3 is 1. The summed E-state index contributed by atoms with van der Waals surface area (Å²) in [5, 5.41) is 14.9. The zero-order valence-corrected chi connectivity index (χ0v) is 21.4. The SMILES string of the molecule is CCCN(C(=O)C(CS)NC(=O)OC(C)(C)C)C(C(=O)NCC(=O)OC)c1ccc(O)c(C)c1. The Hall–Kier alpha value is -2.95. The van der Waals surface area contributed by atoms with Gasteiger partial charge in [-0.05, 0) is 57.4 Å². The highest BCUT2D eigenvalue weighted by Crippen LogP contribution is 2.27. The molecule has 0 heterocycles. The van der Waals surface area contributed by atoms with E-state index in [9.17, 15) is 24.3 Å². The van der Waals surface area contributed by atoms with Gasteiger partial charge in [-0.1, -0.05) is 13.0 Å². The number of aromatic hydroxyl groups is 1. The van der Waals surface area contributed by atoms with Crippen LogP contribution in [0.2, 0.25) is 0 Å². The molecule has 11 heteroatoms. The van der Waals surface area contributed by atoms with Gasteiger partial charge in [-0.3, -0.25) is 14.4 Å². The molecule has 0 fully saturated rings. The van der Waals surface area contributed by atoms with E-state index in [2.05, 4.69) is 28.0 Å². The number of ether oxygens (including phenoxy) is 2. The lowest BCUT2D eigenvalue weighted by Gasteiger charge is -2.34. The predicted molar refractivity (Wildman–Crippen MR) is 130 cm³/mol. The topological polar surface area (TPSA) is 134 Å². The summed E-state index contributed by atoms with van der Waals surface area (Å²) in [5.41, 5.74) is 0.163. The Morgan fingerprint density at radius 3 is 2.35 bits per heavy atom. The van der Waals surface area contributed by atoms with E-state index in [4.69, 9.17) is 4.74 Å². The molecule has 2 unspecified atom stereocenters. The molecule has 0 aliphatic heterocycles. The van der Waals surface area contributed by atoms with Crippen LogP contribution in [0.5, 0.6) is 5.75 Å². The number of nitrogens with zero attached hydrogens (tertiary/aromatic N) is 1. The highest BCUT2D eigenvalue weighted by atomic mass is 32.1. The second-order valence-electron chi connectivity index (χ2n) is 8.66. The van der Waals surface area contributed by atoms with Crippen molar-refractivity contribution in [3.8, 4) is 5.75 Å². The van der Waals surface area contributed by atoms with Crippen LogP contribution in [0.15, 0.2) is 18.2 Å². The van der Waals surface area contributed by atoms with Crippen LogP contribution in [-0.2, 0) is 23.9 Å². The van der Waals surface area contributed by atoms with Gasteiger partial charge in [-0.25, -0.2) is 4.79 Å². The van der Waals surface area contributed by atoms with E-state index < -0.39 is 41.6 Å². The van der Waals surface area contributed by atoms with Crippen molar-refractivity contribution in [2.75, 3.05) is 26.0 Å². The molecule has 1 aromatic rings. The summed E-state index contributed by atoms with van der Waals surface area (Å²) in [4.78, 5) is 51.9. The highest BCUT2D eigenvalue weighted by molar-refractivity contribution is 7.80. The molecule has 0 aliphatic rings. The van der Waals surface area contributed by atoms with Crippen LogP contribution in [0.4, 0.5) is 4.79 Å². The third kappa shape index (κ3) is 8.77. The third-order valence-corrected chi connectivity index (χ3v) is 5.02. The normalized spacial score (nSPS) is 12.8. The highest BCUT2D eigenvalue weighted by Gasteiger charge is 2.35. The fourth-order valence-electron chi connectivity index (χ4n) is 3.09. The number of hydrogen-bond donors (Lipinski definition) is 4. The maximum Gasteiger partial charge on any atom is 0.408 e. The molecule has 0 aromatic heterocycles. The largest absolute Gasteiger partial charge is 0.508 e. The number of phenolic OH excluding ortho intramolecular Hbond substituents is 1. The minimum atomic E-state index is -1.14. The standard InChI is InChI=1S/C23H35N3O7S/c1-7-10-26(21(30)16(13-34)25-22(31)33-23(3,4)5)19(20(29)24-12-18(28)32-6)15-8-9-17(27)14(2)11-15/h8-9,11,16,19,27,34H,7,10,12-13H2,1-6H3,(H,24,29)(H,25,31). The molecule has 0 bridgehead atoms. The van der Waals surface area contributed by atoms with E-state index in [0.717, 1.165) is 0 Å². The molecule has 0 aliphatic carbocycles. The van der Waals surface area contributed by atoms with Gasteiger partial charge in [0.1, 0.15) is 30.0 Å². The van der Waals surface area contributed by atoms with Crippen LogP contribution >= 0.6 is 12.6 Å². The number of phenols is 1. The van der Waals surface area contributed by atoms with E-state index in [0.29, 0.717) is 17.5 Å². The summed E-state index contributed by atoms with van der Waals surface area (Å²) < 4.78 is 9.82. The van der Waals surface area contributed by atoms with Crippen molar-refractivity contribution in [3.05, 3.63) is 29.3 Å². The van der Waals surface area contributed by atoms with E-state index in [-0.39, 0.29) is 24.6 Å². The fraction of sp³-hybridized carbons (Fsp3) is 0.565. The maximum atomic E-state index is 13.5. The van der Waals surface area contributed by atoms with Crippen LogP contribution < -0.4 is 10.6 Å². The first-order valence-electron chi connectivity index (χ1n) is 10.9. The molecule has 1 rings (SSSR count). The van der Waals surface area contributed by atoms with Crippen molar-refractivity contribution >= 4 is 36.5 Å². The lowest BCUT2D eigenvalue weighted by Crippen LogP contribution is -2.54. The van der Waals surface area contributed by atoms with Gasteiger partial charge in [-0.2, -0.15) is 12.6 Å². The van der Waals surface area contributed by atoms with Gasteiger partial charge >= 0.3 is 12.1 Å². The first kappa shape index (κ1) is 29.1. The van der Waals surface area contributed by atoms with Gasteiger partial charge in [0, 0.05) is 12.3 Å². The van der Waals surface area contributed by atoms with E-state index in [1.165, 1.54) is 24.1 Å². The summed E-state index contributed by atoms with van der Waals surface area (Å²) in [5.74, 6) is -1.82. The molecule has 0 spiro atoms. The molecular formula is C23H35N3O7S. The minimum absolute atomic E-state index is 0.0330. The Labute approximate surface area is 205 Å². The average molecular weight is 498 g/mol. The Balaban J connectivity index is 3.36. The van der Waals surface area contributed by atoms with Crippen LogP contribution in [0.1, 0.15) is 51.3 Å². The van der Waals surface area contributed by atoms with Crippen LogP contribution in [-0.4, -0.2) is 71.5 Å². The van der Waals surface area contributed by atoms with Crippen LogP contribution in [0, 0.1) is 6.92 Å². The van der Waals surface area contributed by atoms with Crippen molar-refractivity contribution in [1.82, 2.24) is 15.5 Å². The van der Waals surface area contributed by atoms with Crippen molar-refractivity contribution in [2.24, 2.45) is 0 Å². The lowest BCUT2D eigenvalue weighted by atomic mass is 10.00. The zero-order valence-electron chi connectivity index (χ0n) is 20.5. The first-order valence-corrected chi connectivity index (χ1v) is 11.5. The molecule has 34 heavy (non-hydrogen) atoms. The number of aryl methyl sites for hydroxylation is 1. The Bertz CT molecular complexity index is 886. The van der Waals surface area contributed by atoms with Gasteiger partial charge in [0.2, 0.25) is 11.8 Å². The molecule has 1 aromatic carbocycles. The summed E-state index contributed by atoms with van der Waals surface area (Å²) in [6, 6.07) is 2.33. The number of alkyl carbamates (subject to hydrolysis) is 1. The van der Waals surface area contributed by atoms with Gasteiger partial charge < -0.3 is 30.1 Å². The van der Waals surface area contributed by atoms with Crippen molar-refractivity contribution in [3.63, 3.8) is 0 Å². The van der Waals surface area contributed by atoms with Gasteiger partial charge in [0.05, 0.1) is 7.11 Å². The molecule has 0 saturated heterocycles. The van der Waals surface area contributed by atoms with E-state index >= 15 is 0 Å². The Morgan fingerprint density at radius 2 is 1.85 bits per heavy atom.